The van der Waals surface area contributed by atoms with E-state index in [9.17, 15) is 0 Å². The van der Waals surface area contributed by atoms with Gasteiger partial charge in [-0.25, -0.2) is 0 Å². The second-order valence-corrected chi connectivity index (χ2v) is 6.79. The Morgan fingerprint density at radius 3 is 2.79 bits per heavy atom. The smallest absolute Gasteiger partial charge is 0.137 e. The molecular formula is C18H24ClN4O-. The molecule has 24 heavy (non-hydrogen) atoms. The van der Waals surface area contributed by atoms with E-state index in [2.05, 4.69) is 17.2 Å². The minimum atomic E-state index is -0.182. The van der Waals surface area contributed by atoms with E-state index in [0.29, 0.717) is 16.8 Å². The van der Waals surface area contributed by atoms with Crippen LogP contribution in [0.15, 0.2) is 28.2 Å². The molecule has 1 fully saturated rings. The fourth-order valence-corrected chi connectivity index (χ4v) is 3.43. The Morgan fingerprint density at radius 1 is 1.29 bits per heavy atom. The average Bonchev–Trinajstić information content (AvgIpc) is 2.60. The number of benzene rings is 1. The van der Waals surface area contributed by atoms with Gasteiger partial charge in [0, 0.05) is 5.92 Å². The van der Waals surface area contributed by atoms with Crippen molar-refractivity contribution in [1.82, 2.24) is 5.32 Å². The van der Waals surface area contributed by atoms with Gasteiger partial charge in [-0.15, -0.1) is 5.69 Å². The van der Waals surface area contributed by atoms with Gasteiger partial charge in [-0.2, -0.15) is 0 Å². The van der Waals surface area contributed by atoms with Gasteiger partial charge >= 0.3 is 0 Å². The molecule has 0 spiro atoms. The zero-order chi connectivity index (χ0) is 16.9. The van der Waals surface area contributed by atoms with Crippen LogP contribution in [-0.2, 0) is 0 Å². The fourth-order valence-electron chi connectivity index (χ4n) is 3.18. The van der Waals surface area contributed by atoms with Crippen molar-refractivity contribution in [2.75, 3.05) is 7.11 Å². The summed E-state index contributed by atoms with van der Waals surface area (Å²) in [7, 11) is 1.60. The van der Waals surface area contributed by atoms with Crippen molar-refractivity contribution >= 4 is 29.5 Å². The first kappa shape index (κ1) is 17.1. The molecule has 1 aromatic rings. The molecule has 0 saturated heterocycles. The van der Waals surface area contributed by atoms with Gasteiger partial charge in [0.05, 0.1) is 24.5 Å². The Bertz CT molecular complexity index is 625. The van der Waals surface area contributed by atoms with Gasteiger partial charge in [0.15, 0.2) is 0 Å². The molecule has 0 bridgehead atoms. The van der Waals surface area contributed by atoms with Crippen LogP contribution < -0.4 is 10.1 Å². The molecular weight excluding hydrogens is 324 g/mol. The number of nitrogens with zero attached hydrogens (tertiary/aromatic N) is 3. The normalized spacial score (nSPS) is 26.2. The summed E-state index contributed by atoms with van der Waals surface area (Å²) in [6.07, 6.45) is 7.79. The zero-order valence-corrected chi connectivity index (χ0v) is 15.0. The topological polar surface area (TPSA) is 60.1 Å². The summed E-state index contributed by atoms with van der Waals surface area (Å²) in [5.74, 6) is 1.76. The molecule has 1 saturated carbocycles. The number of ether oxygens (including phenoxy) is 1. The summed E-state index contributed by atoms with van der Waals surface area (Å²) in [4.78, 5) is 9.38. The van der Waals surface area contributed by atoms with Crippen molar-refractivity contribution < 1.29 is 4.74 Å². The number of halogens is 1. The molecule has 130 valence electrons. The van der Waals surface area contributed by atoms with Crippen LogP contribution in [0.2, 0.25) is 5.02 Å². The first-order valence-corrected chi connectivity index (χ1v) is 8.95. The Hall–Kier alpha value is -1.75. The number of methoxy groups -OCH3 is 1. The maximum Gasteiger partial charge on any atom is 0.137 e. The highest BCUT2D eigenvalue weighted by Gasteiger charge is 2.21. The third-order valence-corrected chi connectivity index (χ3v) is 4.93. The summed E-state index contributed by atoms with van der Waals surface area (Å²) < 4.78 is 5.18. The van der Waals surface area contributed by atoms with Crippen LogP contribution in [0.3, 0.4) is 0 Å². The number of hydrogen-bond donors (Lipinski definition) is 1. The molecule has 1 heterocycles. The second-order valence-electron chi connectivity index (χ2n) is 6.38. The quantitative estimate of drug-likeness (QED) is 0.859. The Kier molecular flexibility index (Phi) is 5.61. The number of aliphatic imine (C=N–C) groups is 2. The van der Waals surface area contributed by atoms with Crippen molar-refractivity contribution in [2.24, 2.45) is 15.9 Å². The minimum absolute atomic E-state index is 0.123. The van der Waals surface area contributed by atoms with Gasteiger partial charge in [-0.1, -0.05) is 49.9 Å². The van der Waals surface area contributed by atoms with Gasteiger partial charge in [-0.05, 0) is 25.1 Å². The van der Waals surface area contributed by atoms with Crippen molar-refractivity contribution in [3.63, 3.8) is 0 Å². The Morgan fingerprint density at radius 2 is 2.08 bits per heavy atom. The zero-order valence-electron chi connectivity index (χ0n) is 14.2. The van der Waals surface area contributed by atoms with Crippen molar-refractivity contribution in [3.05, 3.63) is 28.5 Å². The maximum absolute atomic E-state index is 6.18. The number of nitrogens with one attached hydrogen (secondary N) is 1. The van der Waals surface area contributed by atoms with Crippen molar-refractivity contribution in [3.8, 4) is 5.75 Å². The van der Waals surface area contributed by atoms with E-state index in [1.807, 2.05) is 18.2 Å². The molecule has 6 heteroatoms. The summed E-state index contributed by atoms with van der Waals surface area (Å²) in [5.41, 5.74) is 0.800. The SMILES string of the molecule is COc1ccc([N-]C2N=CNC(=NC3CCCCC3)C2C)cc1Cl. The summed E-state index contributed by atoms with van der Waals surface area (Å²) in [6, 6.07) is 5.97. The highest BCUT2D eigenvalue weighted by atomic mass is 35.5. The monoisotopic (exact) mass is 347 g/mol. The molecule has 5 nitrogen and oxygen atoms in total. The lowest BCUT2D eigenvalue weighted by Crippen LogP contribution is -2.40. The van der Waals surface area contributed by atoms with E-state index in [-0.39, 0.29) is 12.1 Å². The Balaban J connectivity index is 1.69. The number of rotatable bonds is 4. The molecule has 1 aliphatic heterocycles. The lowest BCUT2D eigenvalue weighted by atomic mass is 9.95. The Labute approximate surface area is 148 Å². The molecule has 0 radical (unpaired) electrons. The van der Waals surface area contributed by atoms with Crippen LogP contribution in [0.5, 0.6) is 5.75 Å². The number of amidine groups is 1. The molecule has 3 rings (SSSR count). The van der Waals surface area contributed by atoms with Crippen LogP contribution in [0, 0.1) is 5.92 Å². The van der Waals surface area contributed by atoms with Crippen LogP contribution in [0.25, 0.3) is 5.32 Å². The van der Waals surface area contributed by atoms with Crippen molar-refractivity contribution in [2.45, 2.75) is 51.2 Å². The minimum Gasteiger partial charge on any atom is -0.663 e. The maximum atomic E-state index is 6.18. The lowest BCUT2D eigenvalue weighted by Gasteiger charge is -2.38. The predicted octanol–water partition coefficient (Wildman–Crippen LogP) is 4.68. The predicted molar refractivity (Wildman–Crippen MR) is 99.9 cm³/mol. The molecule has 0 aromatic heterocycles. The summed E-state index contributed by atoms with van der Waals surface area (Å²) in [5, 5.41) is 8.49. The molecule has 0 amide bonds. The standard InChI is InChI=1S/C18H24ClN4O/c1-12-17(22-13-6-4-3-5-7-13)20-11-21-18(12)23-14-8-9-16(24-2)15(19)10-14/h8-13,18H,3-7H2,1-2H3,(H,20,21,22)/q-1. The number of hydrogen-bond acceptors (Lipinski definition) is 3. The van der Waals surface area contributed by atoms with Crippen LogP contribution >= 0.6 is 11.6 Å². The lowest BCUT2D eigenvalue weighted by molar-refractivity contribution is 0.415. The highest BCUT2D eigenvalue weighted by Crippen LogP contribution is 2.34. The van der Waals surface area contributed by atoms with Gasteiger partial charge < -0.3 is 15.4 Å². The molecule has 1 N–H and O–H groups in total. The first-order valence-electron chi connectivity index (χ1n) is 8.57. The van der Waals surface area contributed by atoms with Crippen LogP contribution in [0.1, 0.15) is 39.0 Å². The van der Waals surface area contributed by atoms with E-state index >= 15 is 0 Å². The van der Waals surface area contributed by atoms with E-state index in [4.69, 9.17) is 26.6 Å². The summed E-state index contributed by atoms with van der Waals surface area (Å²) >= 11 is 6.18. The fraction of sp³-hybridized carbons (Fsp3) is 0.556. The van der Waals surface area contributed by atoms with Gasteiger partial charge in [0.1, 0.15) is 11.6 Å². The third kappa shape index (κ3) is 4.01. The first-order chi connectivity index (χ1) is 11.7. The highest BCUT2D eigenvalue weighted by molar-refractivity contribution is 6.32. The van der Waals surface area contributed by atoms with E-state index < -0.39 is 0 Å². The van der Waals surface area contributed by atoms with Gasteiger partial charge in [-0.3, -0.25) is 9.98 Å². The summed E-state index contributed by atoms with van der Waals surface area (Å²) in [6.45, 7) is 2.12. The van der Waals surface area contributed by atoms with Gasteiger partial charge in [0.25, 0.3) is 0 Å². The van der Waals surface area contributed by atoms with E-state index in [1.54, 1.807) is 13.4 Å². The molecule has 2 unspecified atom stereocenters. The molecule has 2 atom stereocenters. The molecule has 2 aliphatic rings. The van der Waals surface area contributed by atoms with E-state index in [1.165, 1.54) is 32.1 Å². The van der Waals surface area contributed by atoms with Gasteiger partial charge in [0.2, 0.25) is 0 Å². The second kappa shape index (κ2) is 7.88. The van der Waals surface area contributed by atoms with Crippen LogP contribution in [-0.4, -0.2) is 31.5 Å². The largest absolute Gasteiger partial charge is 0.663 e. The molecule has 1 aliphatic carbocycles. The average molecular weight is 348 g/mol. The third-order valence-electron chi connectivity index (χ3n) is 4.63. The van der Waals surface area contributed by atoms with E-state index in [0.717, 1.165) is 11.5 Å². The molecule has 1 aromatic carbocycles. The van der Waals surface area contributed by atoms with Crippen molar-refractivity contribution in [1.29, 1.82) is 0 Å². The van der Waals surface area contributed by atoms with Crippen LogP contribution in [0.4, 0.5) is 5.69 Å².